The first-order valence-electron chi connectivity index (χ1n) is 9.83. The second-order valence-corrected chi connectivity index (χ2v) is 8.51. The lowest BCUT2D eigenvalue weighted by atomic mass is 10.2. The number of thioether (sulfide) groups is 1. The molecule has 0 spiro atoms. The van der Waals surface area contributed by atoms with Gasteiger partial charge in [0.15, 0.2) is 6.61 Å². The molecule has 0 unspecified atom stereocenters. The van der Waals surface area contributed by atoms with Crippen molar-refractivity contribution in [3.05, 3.63) is 89.4 Å². The minimum atomic E-state index is -0.311. The number of benzene rings is 3. The summed E-state index contributed by atoms with van der Waals surface area (Å²) in [6.07, 6.45) is 1.55. The summed E-state index contributed by atoms with van der Waals surface area (Å²) in [4.78, 5) is 25.2. The third-order valence-electron chi connectivity index (χ3n) is 4.21. The van der Waals surface area contributed by atoms with Crippen LogP contribution in [0.25, 0.3) is 0 Å². The molecule has 0 heterocycles. The van der Waals surface area contributed by atoms with Gasteiger partial charge in [0.1, 0.15) is 5.75 Å². The molecule has 3 aromatic carbocycles. The molecule has 0 bridgehead atoms. The van der Waals surface area contributed by atoms with Gasteiger partial charge >= 0.3 is 0 Å². The zero-order valence-corrected chi connectivity index (χ0v) is 18.9. The van der Waals surface area contributed by atoms with E-state index in [2.05, 4.69) is 15.8 Å². The average Bonchev–Trinajstić information content (AvgIpc) is 2.80. The number of carbonyl (C=O) groups excluding carboxylic acids is 2. The van der Waals surface area contributed by atoms with Crippen LogP contribution in [0.1, 0.15) is 12.5 Å². The molecule has 0 aliphatic rings. The molecule has 2 amide bonds. The molecule has 0 saturated carbocycles. The Hall–Kier alpha value is -3.29. The summed E-state index contributed by atoms with van der Waals surface area (Å²) in [7, 11) is 0. The summed E-state index contributed by atoms with van der Waals surface area (Å²) in [6.45, 7) is 1.68. The lowest BCUT2D eigenvalue weighted by Gasteiger charge is -2.09. The summed E-state index contributed by atoms with van der Waals surface area (Å²) in [6, 6.07) is 23.7. The van der Waals surface area contributed by atoms with Crippen molar-refractivity contribution >= 4 is 47.1 Å². The van der Waals surface area contributed by atoms with Crippen LogP contribution in [0.3, 0.4) is 0 Å². The SMILES string of the molecule is C[C@H](Sc1ccccc1)C(=O)N/N=C\c1ccc(OCC(=O)Nc2ccccc2Cl)cc1. The van der Waals surface area contributed by atoms with Gasteiger partial charge in [-0.05, 0) is 61.0 Å². The number of ether oxygens (including phenoxy) is 1. The smallest absolute Gasteiger partial charge is 0.262 e. The number of rotatable bonds is 9. The Labute approximate surface area is 196 Å². The topological polar surface area (TPSA) is 79.8 Å². The number of halogens is 1. The zero-order valence-electron chi connectivity index (χ0n) is 17.3. The Morgan fingerprint density at radius 1 is 1.03 bits per heavy atom. The van der Waals surface area contributed by atoms with Crippen molar-refractivity contribution in [1.29, 1.82) is 0 Å². The summed E-state index contributed by atoms with van der Waals surface area (Å²) in [5.74, 6) is 0.0434. The van der Waals surface area contributed by atoms with Gasteiger partial charge in [0.05, 0.1) is 22.2 Å². The van der Waals surface area contributed by atoms with Gasteiger partial charge in [0, 0.05) is 4.90 Å². The molecule has 3 aromatic rings. The van der Waals surface area contributed by atoms with Gasteiger partial charge in [-0.15, -0.1) is 11.8 Å². The third kappa shape index (κ3) is 7.44. The van der Waals surface area contributed by atoms with Crippen molar-refractivity contribution < 1.29 is 14.3 Å². The van der Waals surface area contributed by atoms with Crippen LogP contribution in [0.4, 0.5) is 5.69 Å². The van der Waals surface area contributed by atoms with Crippen LogP contribution in [0, 0.1) is 0 Å². The van der Waals surface area contributed by atoms with Crippen LogP contribution in [-0.2, 0) is 9.59 Å². The Kier molecular flexibility index (Phi) is 8.71. The fourth-order valence-corrected chi connectivity index (χ4v) is 3.63. The van der Waals surface area contributed by atoms with Crippen molar-refractivity contribution in [3.63, 3.8) is 0 Å². The molecule has 164 valence electrons. The quantitative estimate of drug-likeness (QED) is 0.264. The van der Waals surface area contributed by atoms with Crippen LogP contribution in [0.15, 0.2) is 88.9 Å². The van der Waals surface area contributed by atoms with Crippen LogP contribution in [-0.4, -0.2) is 29.9 Å². The molecule has 0 aliphatic carbocycles. The predicted octanol–water partition coefficient (Wildman–Crippen LogP) is 4.99. The molecule has 2 N–H and O–H groups in total. The number of amides is 2. The number of carbonyl (C=O) groups is 2. The molecule has 0 radical (unpaired) electrons. The van der Waals surface area contributed by atoms with Crippen LogP contribution >= 0.6 is 23.4 Å². The van der Waals surface area contributed by atoms with Crippen molar-refractivity contribution in [2.24, 2.45) is 5.10 Å². The highest BCUT2D eigenvalue weighted by Crippen LogP contribution is 2.22. The Bertz CT molecular complexity index is 1080. The fourth-order valence-electron chi connectivity index (χ4n) is 2.57. The maximum absolute atomic E-state index is 12.2. The molecule has 32 heavy (non-hydrogen) atoms. The van der Waals surface area contributed by atoms with Crippen molar-refractivity contribution in [2.75, 3.05) is 11.9 Å². The first-order valence-corrected chi connectivity index (χ1v) is 11.1. The van der Waals surface area contributed by atoms with E-state index in [0.717, 1.165) is 10.5 Å². The molecule has 8 heteroatoms. The van der Waals surface area contributed by atoms with E-state index in [1.807, 2.05) is 37.3 Å². The maximum atomic E-state index is 12.2. The van der Waals surface area contributed by atoms with Gasteiger partial charge in [-0.3, -0.25) is 9.59 Å². The Morgan fingerprint density at radius 2 is 1.72 bits per heavy atom. The van der Waals surface area contributed by atoms with Crippen molar-refractivity contribution in [1.82, 2.24) is 5.43 Å². The van der Waals surface area contributed by atoms with Gasteiger partial charge in [-0.1, -0.05) is 41.9 Å². The minimum absolute atomic E-state index is 0.147. The molecule has 3 rings (SSSR count). The lowest BCUT2D eigenvalue weighted by molar-refractivity contribution is -0.120. The first kappa shape index (κ1) is 23.4. The summed E-state index contributed by atoms with van der Waals surface area (Å²) in [5, 5.41) is 6.89. The number of hydrogen-bond donors (Lipinski definition) is 2. The van der Waals surface area contributed by atoms with E-state index in [-0.39, 0.29) is 23.7 Å². The van der Waals surface area contributed by atoms with Gasteiger partial charge < -0.3 is 10.1 Å². The van der Waals surface area contributed by atoms with E-state index in [0.29, 0.717) is 16.5 Å². The first-order chi connectivity index (χ1) is 15.5. The number of anilines is 1. The highest BCUT2D eigenvalue weighted by molar-refractivity contribution is 8.00. The average molecular weight is 468 g/mol. The number of nitrogens with zero attached hydrogens (tertiary/aromatic N) is 1. The van der Waals surface area contributed by atoms with Crippen LogP contribution < -0.4 is 15.5 Å². The summed E-state index contributed by atoms with van der Waals surface area (Å²) >= 11 is 7.49. The molecule has 1 atom stereocenters. The summed E-state index contributed by atoms with van der Waals surface area (Å²) in [5.41, 5.74) is 3.86. The number of para-hydroxylation sites is 1. The van der Waals surface area contributed by atoms with Crippen molar-refractivity contribution in [3.8, 4) is 5.75 Å². The maximum Gasteiger partial charge on any atom is 0.262 e. The van der Waals surface area contributed by atoms with Crippen molar-refractivity contribution in [2.45, 2.75) is 17.1 Å². The largest absolute Gasteiger partial charge is 0.484 e. The monoisotopic (exact) mass is 467 g/mol. The highest BCUT2D eigenvalue weighted by Gasteiger charge is 2.13. The zero-order chi connectivity index (χ0) is 22.8. The molecule has 0 aromatic heterocycles. The van der Waals surface area contributed by atoms with E-state index in [9.17, 15) is 9.59 Å². The Balaban J connectivity index is 1.42. The fraction of sp³-hybridized carbons (Fsp3) is 0.125. The number of hydrogen-bond acceptors (Lipinski definition) is 5. The van der Waals surface area contributed by atoms with Crippen LogP contribution in [0.5, 0.6) is 5.75 Å². The van der Waals surface area contributed by atoms with E-state index in [1.54, 1.807) is 54.7 Å². The number of nitrogens with one attached hydrogen (secondary N) is 2. The van der Waals surface area contributed by atoms with E-state index >= 15 is 0 Å². The van der Waals surface area contributed by atoms with Gasteiger partial charge in [-0.2, -0.15) is 5.10 Å². The highest BCUT2D eigenvalue weighted by atomic mass is 35.5. The standard InChI is InChI=1S/C24H22ClN3O3S/c1-17(32-20-7-3-2-4-8-20)24(30)28-26-15-18-11-13-19(14-12-18)31-16-23(29)27-22-10-6-5-9-21(22)25/h2-15,17H,16H2,1H3,(H,27,29)(H,28,30)/b26-15-/t17-/m0/s1. The van der Waals surface area contributed by atoms with E-state index in [1.165, 1.54) is 11.8 Å². The summed E-state index contributed by atoms with van der Waals surface area (Å²) < 4.78 is 5.49. The van der Waals surface area contributed by atoms with Gasteiger partial charge in [-0.25, -0.2) is 5.43 Å². The number of hydrazone groups is 1. The molecule has 0 aliphatic heterocycles. The lowest BCUT2D eigenvalue weighted by Crippen LogP contribution is -2.26. The molecular weight excluding hydrogens is 446 g/mol. The molecule has 0 fully saturated rings. The molecular formula is C24H22ClN3O3S. The molecule has 0 saturated heterocycles. The van der Waals surface area contributed by atoms with E-state index in [4.69, 9.17) is 16.3 Å². The Morgan fingerprint density at radius 3 is 2.44 bits per heavy atom. The van der Waals surface area contributed by atoms with E-state index < -0.39 is 0 Å². The minimum Gasteiger partial charge on any atom is -0.484 e. The normalized spacial score (nSPS) is 11.7. The predicted molar refractivity (Wildman–Crippen MR) is 130 cm³/mol. The second kappa shape index (κ2) is 11.9. The van der Waals surface area contributed by atoms with Gasteiger partial charge in [0.25, 0.3) is 11.8 Å². The molecule has 6 nitrogen and oxygen atoms in total. The second-order valence-electron chi connectivity index (χ2n) is 6.69. The van der Waals surface area contributed by atoms with Crippen LogP contribution in [0.2, 0.25) is 5.02 Å². The third-order valence-corrected chi connectivity index (χ3v) is 5.65. The van der Waals surface area contributed by atoms with Gasteiger partial charge in [0.2, 0.25) is 0 Å².